The van der Waals surface area contributed by atoms with Gasteiger partial charge in [0.05, 0.1) is 21.7 Å². The van der Waals surface area contributed by atoms with E-state index in [4.69, 9.17) is 11.6 Å². The first-order chi connectivity index (χ1) is 11.9. The predicted molar refractivity (Wildman–Crippen MR) is 109 cm³/mol. The SMILES string of the molecule is Cc1ccc(Cl)c2sc(NC(=O)Cc3ccc(SC(C)C)cc3)nc12. The number of aryl methyl sites for hydroxylation is 1. The minimum atomic E-state index is -0.0721. The summed E-state index contributed by atoms with van der Waals surface area (Å²) in [5, 5.41) is 4.68. The van der Waals surface area contributed by atoms with Gasteiger partial charge in [0.15, 0.2) is 5.13 Å². The third-order valence-electron chi connectivity index (χ3n) is 3.60. The Labute approximate surface area is 160 Å². The number of halogens is 1. The number of rotatable bonds is 5. The molecule has 25 heavy (non-hydrogen) atoms. The fraction of sp³-hybridized carbons (Fsp3) is 0.263. The zero-order valence-corrected chi connectivity index (χ0v) is 16.7. The summed E-state index contributed by atoms with van der Waals surface area (Å²) in [6, 6.07) is 11.9. The lowest BCUT2D eigenvalue weighted by Crippen LogP contribution is -2.14. The summed E-state index contributed by atoms with van der Waals surface area (Å²) >= 11 is 9.44. The van der Waals surface area contributed by atoms with E-state index in [1.54, 1.807) is 0 Å². The number of anilines is 1. The number of benzene rings is 2. The third-order valence-corrected chi connectivity index (χ3v) is 6.05. The Morgan fingerprint density at radius 2 is 1.96 bits per heavy atom. The van der Waals surface area contributed by atoms with Crippen LogP contribution in [0.1, 0.15) is 25.0 Å². The fourth-order valence-corrected chi connectivity index (χ4v) is 4.53. The number of nitrogens with one attached hydrogen (secondary N) is 1. The van der Waals surface area contributed by atoms with Crippen LogP contribution >= 0.6 is 34.7 Å². The van der Waals surface area contributed by atoms with Crippen molar-refractivity contribution in [2.45, 2.75) is 37.3 Å². The van der Waals surface area contributed by atoms with Crippen LogP contribution in [0.15, 0.2) is 41.3 Å². The number of aromatic nitrogens is 1. The molecule has 3 rings (SSSR count). The highest BCUT2D eigenvalue weighted by molar-refractivity contribution is 7.99. The maximum Gasteiger partial charge on any atom is 0.230 e. The molecular formula is C19H19ClN2OS2. The van der Waals surface area contributed by atoms with Crippen molar-refractivity contribution < 1.29 is 4.79 Å². The van der Waals surface area contributed by atoms with Gasteiger partial charge in [-0.15, -0.1) is 11.8 Å². The van der Waals surface area contributed by atoms with Gasteiger partial charge in [0.2, 0.25) is 5.91 Å². The van der Waals surface area contributed by atoms with Gasteiger partial charge in [0.25, 0.3) is 0 Å². The molecule has 3 aromatic rings. The van der Waals surface area contributed by atoms with Crippen molar-refractivity contribution in [3.63, 3.8) is 0 Å². The molecule has 1 N–H and O–H groups in total. The average molecular weight is 391 g/mol. The second-order valence-corrected chi connectivity index (χ2v) is 9.15. The molecule has 2 aromatic carbocycles. The molecule has 0 saturated carbocycles. The van der Waals surface area contributed by atoms with E-state index in [9.17, 15) is 4.79 Å². The van der Waals surface area contributed by atoms with Crippen molar-refractivity contribution in [2.24, 2.45) is 0 Å². The van der Waals surface area contributed by atoms with E-state index in [1.807, 2.05) is 43.0 Å². The second-order valence-electron chi connectivity index (χ2n) is 6.10. The number of nitrogens with zero attached hydrogens (tertiary/aromatic N) is 1. The van der Waals surface area contributed by atoms with Gasteiger partial charge in [0, 0.05) is 10.1 Å². The second kappa shape index (κ2) is 7.77. The molecule has 1 heterocycles. The maximum absolute atomic E-state index is 12.3. The standard InChI is InChI=1S/C19H19ClN2OS2/c1-11(2)24-14-7-5-13(6-8-14)10-16(23)21-19-22-17-12(3)4-9-15(20)18(17)25-19/h4-9,11H,10H2,1-3H3,(H,21,22,23). The Hall–Kier alpha value is -1.56. The van der Waals surface area contributed by atoms with Crippen molar-refractivity contribution in [3.8, 4) is 0 Å². The van der Waals surface area contributed by atoms with Crippen molar-refractivity contribution in [1.82, 2.24) is 4.98 Å². The normalized spacial score (nSPS) is 11.2. The first kappa shape index (κ1) is 18.2. The zero-order chi connectivity index (χ0) is 18.0. The lowest BCUT2D eigenvalue weighted by atomic mass is 10.1. The van der Waals surface area contributed by atoms with E-state index in [2.05, 4.69) is 36.3 Å². The van der Waals surface area contributed by atoms with Gasteiger partial charge in [-0.2, -0.15) is 0 Å². The number of thioether (sulfide) groups is 1. The molecular weight excluding hydrogens is 372 g/mol. The lowest BCUT2D eigenvalue weighted by Gasteiger charge is -2.06. The van der Waals surface area contributed by atoms with Crippen molar-refractivity contribution in [3.05, 3.63) is 52.5 Å². The smallest absolute Gasteiger partial charge is 0.230 e. The Kier molecular flexibility index (Phi) is 5.67. The molecule has 6 heteroatoms. The van der Waals surface area contributed by atoms with E-state index < -0.39 is 0 Å². The van der Waals surface area contributed by atoms with Crippen LogP contribution in [-0.4, -0.2) is 16.1 Å². The van der Waals surface area contributed by atoms with Crippen LogP contribution in [0.5, 0.6) is 0 Å². The molecule has 1 amide bonds. The van der Waals surface area contributed by atoms with Gasteiger partial charge >= 0.3 is 0 Å². The van der Waals surface area contributed by atoms with Crippen molar-refractivity contribution >= 4 is 56.0 Å². The summed E-state index contributed by atoms with van der Waals surface area (Å²) in [7, 11) is 0. The van der Waals surface area contributed by atoms with Gasteiger partial charge in [-0.05, 0) is 36.2 Å². The topological polar surface area (TPSA) is 42.0 Å². The number of fused-ring (bicyclic) bond motifs is 1. The van der Waals surface area contributed by atoms with Crippen molar-refractivity contribution in [2.75, 3.05) is 5.32 Å². The number of amides is 1. The van der Waals surface area contributed by atoms with Crippen LogP contribution in [0.4, 0.5) is 5.13 Å². The zero-order valence-electron chi connectivity index (χ0n) is 14.3. The van der Waals surface area contributed by atoms with Gasteiger partial charge in [-0.25, -0.2) is 4.98 Å². The Morgan fingerprint density at radius 1 is 1.24 bits per heavy atom. The summed E-state index contributed by atoms with van der Waals surface area (Å²) in [5.41, 5.74) is 2.89. The number of hydrogen-bond donors (Lipinski definition) is 1. The van der Waals surface area contributed by atoms with Crippen LogP contribution in [-0.2, 0) is 11.2 Å². The van der Waals surface area contributed by atoms with Gasteiger partial charge in [0.1, 0.15) is 0 Å². The van der Waals surface area contributed by atoms with Crippen LogP contribution in [0.3, 0.4) is 0 Å². The van der Waals surface area contributed by atoms with Crippen LogP contribution < -0.4 is 5.32 Å². The number of carbonyl (C=O) groups excluding carboxylic acids is 1. The summed E-state index contributed by atoms with van der Waals surface area (Å²) in [5.74, 6) is -0.0721. The van der Waals surface area contributed by atoms with E-state index in [-0.39, 0.29) is 5.91 Å². The molecule has 0 aliphatic rings. The molecule has 0 atom stereocenters. The molecule has 3 nitrogen and oxygen atoms in total. The molecule has 1 aromatic heterocycles. The Bertz CT molecular complexity index is 865. The van der Waals surface area contributed by atoms with Crippen molar-refractivity contribution in [1.29, 1.82) is 0 Å². The Balaban J connectivity index is 1.68. The summed E-state index contributed by atoms with van der Waals surface area (Å²) in [6.07, 6.45) is 0.329. The van der Waals surface area contributed by atoms with E-state index in [0.717, 1.165) is 21.3 Å². The maximum atomic E-state index is 12.3. The van der Waals surface area contributed by atoms with E-state index >= 15 is 0 Å². The number of hydrogen-bond acceptors (Lipinski definition) is 4. The first-order valence-electron chi connectivity index (χ1n) is 8.03. The number of carbonyl (C=O) groups is 1. The Morgan fingerprint density at radius 3 is 2.60 bits per heavy atom. The van der Waals surface area contributed by atoms with Crippen LogP contribution in [0.25, 0.3) is 10.2 Å². The van der Waals surface area contributed by atoms with Gasteiger partial charge in [-0.3, -0.25) is 4.79 Å². The first-order valence-corrected chi connectivity index (χ1v) is 10.1. The minimum absolute atomic E-state index is 0.0721. The highest BCUT2D eigenvalue weighted by Gasteiger charge is 2.12. The summed E-state index contributed by atoms with van der Waals surface area (Å²) in [6.45, 7) is 6.32. The molecule has 0 bridgehead atoms. The van der Waals surface area contributed by atoms with E-state index in [0.29, 0.717) is 21.8 Å². The molecule has 0 saturated heterocycles. The third kappa shape index (κ3) is 4.54. The fourth-order valence-electron chi connectivity index (χ4n) is 2.46. The average Bonchev–Trinajstić information content (AvgIpc) is 2.97. The quantitative estimate of drug-likeness (QED) is 0.548. The summed E-state index contributed by atoms with van der Waals surface area (Å²) in [4.78, 5) is 18.0. The van der Waals surface area contributed by atoms with E-state index in [1.165, 1.54) is 16.2 Å². The highest BCUT2D eigenvalue weighted by Crippen LogP contribution is 2.33. The van der Waals surface area contributed by atoms with Gasteiger partial charge < -0.3 is 5.32 Å². The number of thiazole rings is 1. The molecule has 130 valence electrons. The monoisotopic (exact) mass is 390 g/mol. The molecule has 0 spiro atoms. The molecule has 0 fully saturated rings. The predicted octanol–water partition coefficient (Wildman–Crippen LogP) is 5.94. The molecule has 0 unspecified atom stereocenters. The van der Waals surface area contributed by atoms with Crippen LogP contribution in [0, 0.1) is 6.92 Å². The lowest BCUT2D eigenvalue weighted by molar-refractivity contribution is -0.115. The molecule has 0 aliphatic heterocycles. The molecule has 0 aliphatic carbocycles. The van der Waals surface area contributed by atoms with Gasteiger partial charge in [-0.1, -0.05) is 55.0 Å². The largest absolute Gasteiger partial charge is 0.302 e. The highest BCUT2D eigenvalue weighted by atomic mass is 35.5. The summed E-state index contributed by atoms with van der Waals surface area (Å²) < 4.78 is 0.909. The van der Waals surface area contributed by atoms with Crippen LogP contribution in [0.2, 0.25) is 5.02 Å². The molecule has 0 radical (unpaired) electrons. The minimum Gasteiger partial charge on any atom is -0.302 e.